The summed E-state index contributed by atoms with van der Waals surface area (Å²) in [5.74, 6) is -0.758. The number of benzene rings is 1. The molecule has 0 unspecified atom stereocenters. The molecule has 0 spiro atoms. The monoisotopic (exact) mass is 253 g/mol. The second-order valence-corrected chi connectivity index (χ2v) is 5.17. The molecule has 0 radical (unpaired) electrons. The molecular weight excluding hydrogens is 238 g/mol. The van der Waals surface area contributed by atoms with Gasteiger partial charge in [0.05, 0.1) is 5.41 Å². The minimum absolute atomic E-state index is 0.134. The number of nitrogens with two attached hydrogens (primary N) is 1. The molecule has 1 aliphatic rings. The lowest BCUT2D eigenvalue weighted by Crippen LogP contribution is -2.42. The number of carboxylic acids is 1. The first-order chi connectivity index (χ1) is 8.04. The first-order valence-electron chi connectivity index (χ1n) is 5.80. The highest BCUT2D eigenvalue weighted by Gasteiger charge is 2.42. The zero-order valence-corrected chi connectivity index (χ0v) is 10.3. The summed E-state index contributed by atoms with van der Waals surface area (Å²) in [5, 5.41) is 10.2. The van der Waals surface area contributed by atoms with E-state index in [1.165, 1.54) is 0 Å². The highest BCUT2D eigenvalue weighted by molar-refractivity contribution is 6.30. The van der Waals surface area contributed by atoms with Crippen molar-refractivity contribution in [2.24, 2.45) is 5.73 Å². The largest absolute Gasteiger partial charge is 0.481 e. The number of aliphatic carboxylic acids is 1. The van der Waals surface area contributed by atoms with E-state index in [-0.39, 0.29) is 6.04 Å². The predicted molar refractivity (Wildman–Crippen MR) is 67.2 cm³/mol. The molecule has 0 heterocycles. The van der Waals surface area contributed by atoms with Crippen LogP contribution in [0.4, 0.5) is 0 Å². The van der Waals surface area contributed by atoms with Crippen LogP contribution in [-0.2, 0) is 10.2 Å². The van der Waals surface area contributed by atoms with Gasteiger partial charge >= 0.3 is 5.97 Å². The Bertz CT molecular complexity index is 408. The highest BCUT2D eigenvalue weighted by Crippen LogP contribution is 2.39. The molecule has 0 saturated heterocycles. The van der Waals surface area contributed by atoms with Crippen LogP contribution in [0.15, 0.2) is 24.3 Å². The van der Waals surface area contributed by atoms with Crippen LogP contribution < -0.4 is 5.73 Å². The van der Waals surface area contributed by atoms with E-state index in [1.54, 1.807) is 12.1 Å². The van der Waals surface area contributed by atoms with Gasteiger partial charge in [-0.15, -0.1) is 0 Å². The van der Waals surface area contributed by atoms with Crippen LogP contribution in [0.25, 0.3) is 0 Å². The van der Waals surface area contributed by atoms with Gasteiger partial charge in [0.25, 0.3) is 0 Å². The zero-order chi connectivity index (χ0) is 12.5. The van der Waals surface area contributed by atoms with Crippen molar-refractivity contribution < 1.29 is 9.90 Å². The molecule has 0 atom stereocenters. The molecule has 1 fully saturated rings. The van der Waals surface area contributed by atoms with E-state index in [1.807, 2.05) is 12.1 Å². The molecule has 4 heteroatoms. The van der Waals surface area contributed by atoms with Gasteiger partial charge in [0.2, 0.25) is 0 Å². The summed E-state index contributed by atoms with van der Waals surface area (Å²) < 4.78 is 0. The Morgan fingerprint density at radius 3 is 2.29 bits per heavy atom. The van der Waals surface area contributed by atoms with Crippen molar-refractivity contribution in [2.75, 3.05) is 0 Å². The minimum Gasteiger partial charge on any atom is -0.481 e. The number of halogens is 1. The summed E-state index contributed by atoms with van der Waals surface area (Å²) >= 11 is 5.83. The van der Waals surface area contributed by atoms with E-state index < -0.39 is 11.4 Å². The maximum Gasteiger partial charge on any atom is 0.314 e. The zero-order valence-electron chi connectivity index (χ0n) is 9.53. The van der Waals surface area contributed by atoms with Crippen molar-refractivity contribution in [3.63, 3.8) is 0 Å². The lowest BCUT2D eigenvalue weighted by Gasteiger charge is -2.36. The van der Waals surface area contributed by atoms with Crippen LogP contribution in [-0.4, -0.2) is 17.1 Å². The van der Waals surface area contributed by atoms with E-state index in [2.05, 4.69) is 0 Å². The van der Waals surface area contributed by atoms with Crippen LogP contribution in [0.1, 0.15) is 31.2 Å². The summed E-state index contributed by atoms with van der Waals surface area (Å²) in [7, 11) is 0. The van der Waals surface area contributed by atoms with Gasteiger partial charge in [0.1, 0.15) is 0 Å². The summed E-state index contributed by atoms with van der Waals surface area (Å²) in [5.41, 5.74) is 5.90. The molecule has 92 valence electrons. The second-order valence-electron chi connectivity index (χ2n) is 4.73. The average molecular weight is 254 g/mol. The van der Waals surface area contributed by atoms with Gasteiger partial charge in [-0.05, 0) is 43.4 Å². The number of carbonyl (C=O) groups is 1. The normalized spacial score (nSPS) is 28.9. The summed E-state index contributed by atoms with van der Waals surface area (Å²) in [4.78, 5) is 11.6. The van der Waals surface area contributed by atoms with Gasteiger partial charge in [-0.25, -0.2) is 0 Å². The Balaban J connectivity index is 2.35. The minimum atomic E-state index is -0.777. The van der Waals surface area contributed by atoms with Gasteiger partial charge in [-0.3, -0.25) is 4.79 Å². The topological polar surface area (TPSA) is 63.3 Å². The van der Waals surface area contributed by atoms with Gasteiger partial charge in [0.15, 0.2) is 0 Å². The Morgan fingerprint density at radius 2 is 1.82 bits per heavy atom. The molecule has 3 N–H and O–H groups in total. The molecule has 1 aromatic rings. The quantitative estimate of drug-likeness (QED) is 0.852. The fraction of sp³-hybridized carbons (Fsp3) is 0.462. The molecule has 17 heavy (non-hydrogen) atoms. The number of rotatable bonds is 2. The molecule has 1 aliphatic carbocycles. The van der Waals surface area contributed by atoms with Crippen LogP contribution >= 0.6 is 11.6 Å². The lowest BCUT2D eigenvalue weighted by atomic mass is 9.68. The third kappa shape index (κ3) is 2.31. The SMILES string of the molecule is NC1CCC(C(=O)O)(c2ccc(Cl)cc2)CC1. The van der Waals surface area contributed by atoms with Crippen molar-refractivity contribution >= 4 is 17.6 Å². The van der Waals surface area contributed by atoms with Crippen molar-refractivity contribution in [1.82, 2.24) is 0 Å². The van der Waals surface area contributed by atoms with E-state index in [4.69, 9.17) is 17.3 Å². The van der Waals surface area contributed by atoms with Crippen molar-refractivity contribution in [1.29, 1.82) is 0 Å². The van der Waals surface area contributed by atoms with Gasteiger partial charge < -0.3 is 10.8 Å². The molecule has 3 nitrogen and oxygen atoms in total. The van der Waals surface area contributed by atoms with Gasteiger partial charge in [-0.2, -0.15) is 0 Å². The van der Waals surface area contributed by atoms with Crippen molar-refractivity contribution in [2.45, 2.75) is 37.1 Å². The molecule has 0 aliphatic heterocycles. The molecule has 0 bridgehead atoms. The fourth-order valence-electron chi connectivity index (χ4n) is 2.53. The van der Waals surface area contributed by atoms with E-state index >= 15 is 0 Å². The van der Waals surface area contributed by atoms with Crippen LogP contribution in [0, 0.1) is 0 Å². The van der Waals surface area contributed by atoms with E-state index in [9.17, 15) is 9.90 Å². The maximum atomic E-state index is 11.6. The standard InChI is InChI=1S/C13H16ClNO2/c14-10-3-1-9(2-4-10)13(12(16)17)7-5-11(15)6-8-13/h1-4,11H,5-8,15H2,(H,16,17). The highest BCUT2D eigenvalue weighted by atomic mass is 35.5. The van der Waals surface area contributed by atoms with Crippen molar-refractivity contribution in [3.05, 3.63) is 34.9 Å². The number of hydrogen-bond acceptors (Lipinski definition) is 2. The molecule has 0 aromatic heterocycles. The molecule has 1 saturated carbocycles. The van der Waals surface area contributed by atoms with Crippen LogP contribution in [0.3, 0.4) is 0 Å². The Kier molecular flexibility index (Phi) is 3.40. The van der Waals surface area contributed by atoms with Crippen LogP contribution in [0.2, 0.25) is 5.02 Å². The Labute approximate surface area is 106 Å². The molecular formula is C13H16ClNO2. The smallest absolute Gasteiger partial charge is 0.314 e. The van der Waals surface area contributed by atoms with Gasteiger partial charge in [-0.1, -0.05) is 23.7 Å². The molecule has 1 aromatic carbocycles. The summed E-state index contributed by atoms with van der Waals surface area (Å²) in [6, 6.07) is 7.25. The average Bonchev–Trinajstić information content (AvgIpc) is 2.31. The number of carboxylic acid groups (broad SMARTS) is 1. The molecule has 0 amide bonds. The van der Waals surface area contributed by atoms with Gasteiger partial charge in [0, 0.05) is 11.1 Å². The second kappa shape index (κ2) is 4.67. The van der Waals surface area contributed by atoms with Crippen LogP contribution in [0.5, 0.6) is 0 Å². The Morgan fingerprint density at radius 1 is 1.29 bits per heavy atom. The third-order valence-electron chi connectivity index (χ3n) is 3.69. The number of hydrogen-bond donors (Lipinski definition) is 2. The predicted octanol–water partition coefficient (Wildman–Crippen LogP) is 2.56. The fourth-order valence-corrected chi connectivity index (χ4v) is 2.65. The van der Waals surface area contributed by atoms with Crippen molar-refractivity contribution in [3.8, 4) is 0 Å². The van der Waals surface area contributed by atoms with E-state index in [0.717, 1.165) is 18.4 Å². The first kappa shape index (κ1) is 12.4. The first-order valence-corrected chi connectivity index (χ1v) is 6.17. The lowest BCUT2D eigenvalue weighted by molar-refractivity contribution is -0.145. The summed E-state index contributed by atoms with van der Waals surface area (Å²) in [6.45, 7) is 0. The van der Waals surface area contributed by atoms with E-state index in [0.29, 0.717) is 17.9 Å². The third-order valence-corrected chi connectivity index (χ3v) is 3.94. The Hall–Kier alpha value is -1.06. The maximum absolute atomic E-state index is 11.6. The summed E-state index contributed by atoms with van der Waals surface area (Å²) in [6.07, 6.45) is 2.72. The molecule has 2 rings (SSSR count).